The van der Waals surface area contributed by atoms with E-state index in [1.807, 2.05) is 0 Å². The molecule has 0 aliphatic carbocycles. The van der Waals surface area contributed by atoms with E-state index in [4.69, 9.17) is 5.73 Å². The Hall–Kier alpha value is -0.0800. The number of likely N-dealkylation sites (tertiary alicyclic amines) is 1. The average molecular weight is 268 g/mol. The van der Waals surface area contributed by atoms with E-state index in [1.165, 1.54) is 70.9 Å². The molecule has 1 rings (SSSR count). The van der Waals surface area contributed by atoms with Gasteiger partial charge in [-0.15, -0.1) is 0 Å². The molecule has 1 unspecified atom stereocenters. The lowest BCUT2D eigenvalue weighted by Gasteiger charge is -2.45. The Morgan fingerprint density at radius 2 is 1.74 bits per heavy atom. The lowest BCUT2D eigenvalue weighted by atomic mass is 9.86. The topological polar surface area (TPSA) is 29.3 Å². The zero-order valence-corrected chi connectivity index (χ0v) is 13.6. The van der Waals surface area contributed by atoms with Gasteiger partial charge >= 0.3 is 0 Å². The molecule has 0 radical (unpaired) electrons. The van der Waals surface area contributed by atoms with Gasteiger partial charge in [0.2, 0.25) is 0 Å². The molecule has 0 saturated carbocycles. The molecule has 0 aromatic rings. The van der Waals surface area contributed by atoms with Crippen LogP contribution in [0.2, 0.25) is 0 Å². The smallest absolute Gasteiger partial charge is 0.0303 e. The van der Waals surface area contributed by atoms with Crippen LogP contribution >= 0.6 is 0 Å². The minimum absolute atomic E-state index is 0.255. The van der Waals surface area contributed by atoms with Gasteiger partial charge in [-0.25, -0.2) is 0 Å². The summed E-state index contributed by atoms with van der Waals surface area (Å²) in [6, 6.07) is 0. The van der Waals surface area contributed by atoms with E-state index in [-0.39, 0.29) is 5.54 Å². The lowest BCUT2D eigenvalue weighted by molar-refractivity contribution is 0.0573. The van der Waals surface area contributed by atoms with Gasteiger partial charge < -0.3 is 5.73 Å². The summed E-state index contributed by atoms with van der Waals surface area (Å²) in [5.41, 5.74) is 6.36. The highest BCUT2D eigenvalue weighted by atomic mass is 15.2. The Kier molecular flexibility index (Phi) is 8.01. The van der Waals surface area contributed by atoms with Crippen LogP contribution in [0.25, 0.3) is 0 Å². The third-order valence-corrected chi connectivity index (χ3v) is 5.08. The average Bonchev–Trinajstić information content (AvgIpc) is 2.44. The number of piperidine rings is 1. The Labute approximate surface area is 121 Å². The Bertz CT molecular complexity index is 221. The third-order valence-electron chi connectivity index (χ3n) is 5.08. The van der Waals surface area contributed by atoms with Crippen molar-refractivity contribution in [2.75, 3.05) is 19.6 Å². The molecule has 2 nitrogen and oxygen atoms in total. The summed E-state index contributed by atoms with van der Waals surface area (Å²) in [6.45, 7) is 10.3. The SMILES string of the molecule is CCCCCCC(C)(CN)N1CCC(CCC)CC1. The third kappa shape index (κ3) is 5.43. The molecule has 1 heterocycles. The number of nitrogens with zero attached hydrogens (tertiary/aromatic N) is 1. The zero-order valence-electron chi connectivity index (χ0n) is 13.6. The lowest BCUT2D eigenvalue weighted by Crippen LogP contribution is -2.54. The van der Waals surface area contributed by atoms with Crippen molar-refractivity contribution in [1.29, 1.82) is 0 Å². The van der Waals surface area contributed by atoms with E-state index in [1.54, 1.807) is 0 Å². The van der Waals surface area contributed by atoms with Gasteiger partial charge in [0, 0.05) is 12.1 Å². The van der Waals surface area contributed by atoms with E-state index in [2.05, 4.69) is 25.7 Å². The van der Waals surface area contributed by atoms with Crippen molar-refractivity contribution in [3.63, 3.8) is 0 Å². The van der Waals surface area contributed by atoms with Crippen molar-refractivity contribution in [1.82, 2.24) is 4.90 Å². The van der Waals surface area contributed by atoms with Gasteiger partial charge in [-0.2, -0.15) is 0 Å². The molecule has 0 bridgehead atoms. The first-order chi connectivity index (χ1) is 9.16. The summed E-state index contributed by atoms with van der Waals surface area (Å²) in [5, 5.41) is 0. The molecule has 1 atom stereocenters. The zero-order chi connectivity index (χ0) is 14.1. The molecule has 0 spiro atoms. The number of rotatable bonds is 9. The molecular formula is C17H36N2. The maximum absolute atomic E-state index is 6.10. The maximum atomic E-state index is 6.10. The summed E-state index contributed by atoms with van der Waals surface area (Å²) in [5.74, 6) is 0.975. The van der Waals surface area contributed by atoms with Gasteiger partial charge in [0.25, 0.3) is 0 Å². The summed E-state index contributed by atoms with van der Waals surface area (Å²) in [4.78, 5) is 2.69. The molecule has 0 aromatic carbocycles. The highest BCUT2D eigenvalue weighted by Gasteiger charge is 2.32. The van der Waals surface area contributed by atoms with E-state index < -0.39 is 0 Å². The quantitative estimate of drug-likeness (QED) is 0.635. The van der Waals surface area contributed by atoms with Crippen LogP contribution in [-0.4, -0.2) is 30.1 Å². The van der Waals surface area contributed by atoms with Gasteiger partial charge in [-0.1, -0.05) is 52.4 Å². The fourth-order valence-corrected chi connectivity index (χ4v) is 3.49. The maximum Gasteiger partial charge on any atom is 0.0303 e. The van der Waals surface area contributed by atoms with Crippen molar-refractivity contribution < 1.29 is 0 Å². The molecule has 2 heteroatoms. The van der Waals surface area contributed by atoms with E-state index in [0.29, 0.717) is 0 Å². The number of nitrogens with two attached hydrogens (primary N) is 1. The van der Waals surface area contributed by atoms with Crippen molar-refractivity contribution in [3.05, 3.63) is 0 Å². The van der Waals surface area contributed by atoms with Gasteiger partial charge in [0.05, 0.1) is 0 Å². The van der Waals surface area contributed by atoms with Crippen LogP contribution in [0.4, 0.5) is 0 Å². The molecule has 19 heavy (non-hydrogen) atoms. The molecule has 1 fully saturated rings. The van der Waals surface area contributed by atoms with Gasteiger partial charge in [0.1, 0.15) is 0 Å². The molecular weight excluding hydrogens is 232 g/mol. The molecule has 1 aliphatic heterocycles. The van der Waals surface area contributed by atoms with Crippen molar-refractivity contribution in [2.45, 2.75) is 84.1 Å². The summed E-state index contributed by atoms with van der Waals surface area (Å²) in [6.07, 6.45) is 12.2. The minimum Gasteiger partial charge on any atom is -0.329 e. The second kappa shape index (κ2) is 8.97. The highest BCUT2D eigenvalue weighted by Crippen LogP contribution is 2.29. The Morgan fingerprint density at radius 1 is 1.05 bits per heavy atom. The fraction of sp³-hybridized carbons (Fsp3) is 1.00. The first kappa shape index (κ1) is 17.0. The van der Waals surface area contributed by atoms with Crippen molar-refractivity contribution in [3.8, 4) is 0 Å². The van der Waals surface area contributed by atoms with Gasteiger partial charge in [-0.3, -0.25) is 4.90 Å². The van der Waals surface area contributed by atoms with Crippen LogP contribution in [0.5, 0.6) is 0 Å². The van der Waals surface area contributed by atoms with Gasteiger partial charge in [0.15, 0.2) is 0 Å². The summed E-state index contributed by atoms with van der Waals surface area (Å²) in [7, 11) is 0. The molecule has 114 valence electrons. The standard InChI is InChI=1S/C17H36N2/c1-4-6-7-8-12-17(3,15-18)19-13-10-16(9-5-2)11-14-19/h16H,4-15,18H2,1-3H3. The van der Waals surface area contributed by atoms with Crippen molar-refractivity contribution >= 4 is 0 Å². The molecule has 1 saturated heterocycles. The van der Waals surface area contributed by atoms with Crippen LogP contribution in [0.15, 0.2) is 0 Å². The first-order valence-corrected chi connectivity index (χ1v) is 8.61. The fourth-order valence-electron chi connectivity index (χ4n) is 3.49. The summed E-state index contributed by atoms with van der Waals surface area (Å²) >= 11 is 0. The first-order valence-electron chi connectivity index (χ1n) is 8.61. The number of hydrogen-bond donors (Lipinski definition) is 1. The van der Waals surface area contributed by atoms with Crippen LogP contribution in [-0.2, 0) is 0 Å². The molecule has 0 aromatic heterocycles. The summed E-state index contributed by atoms with van der Waals surface area (Å²) < 4.78 is 0. The van der Waals surface area contributed by atoms with E-state index >= 15 is 0 Å². The second-order valence-corrected chi connectivity index (χ2v) is 6.73. The van der Waals surface area contributed by atoms with E-state index in [0.717, 1.165) is 12.5 Å². The number of hydrogen-bond acceptors (Lipinski definition) is 2. The normalized spacial score (nSPS) is 21.5. The monoisotopic (exact) mass is 268 g/mol. The predicted octanol–water partition coefficient (Wildman–Crippen LogP) is 4.19. The van der Waals surface area contributed by atoms with Crippen LogP contribution in [0, 0.1) is 5.92 Å². The molecule has 2 N–H and O–H groups in total. The predicted molar refractivity (Wildman–Crippen MR) is 85.4 cm³/mol. The van der Waals surface area contributed by atoms with E-state index in [9.17, 15) is 0 Å². The minimum atomic E-state index is 0.255. The largest absolute Gasteiger partial charge is 0.329 e. The highest BCUT2D eigenvalue weighted by molar-refractivity contribution is 4.90. The van der Waals surface area contributed by atoms with Crippen LogP contribution in [0.3, 0.4) is 0 Å². The van der Waals surface area contributed by atoms with Crippen molar-refractivity contribution in [2.24, 2.45) is 11.7 Å². The van der Waals surface area contributed by atoms with Crippen LogP contribution < -0.4 is 5.73 Å². The Balaban J connectivity index is 2.37. The molecule has 0 amide bonds. The Morgan fingerprint density at radius 3 is 2.26 bits per heavy atom. The van der Waals surface area contributed by atoms with Crippen LogP contribution in [0.1, 0.15) is 78.6 Å². The van der Waals surface area contributed by atoms with Gasteiger partial charge in [-0.05, 0) is 45.2 Å². The second-order valence-electron chi connectivity index (χ2n) is 6.73. The molecule has 1 aliphatic rings. The number of unbranched alkanes of at least 4 members (excludes halogenated alkanes) is 3.